The Kier molecular flexibility index (Phi) is 6.20. The fourth-order valence-electron chi connectivity index (χ4n) is 2.69. The van der Waals surface area contributed by atoms with Crippen LogP contribution in [0.5, 0.6) is 0 Å². The molecule has 2 amide bonds. The monoisotopic (exact) mass is 298 g/mol. The van der Waals surface area contributed by atoms with Crippen molar-refractivity contribution in [1.29, 1.82) is 0 Å². The van der Waals surface area contributed by atoms with Gasteiger partial charge in [-0.1, -0.05) is 34.6 Å². The minimum Gasteiger partial charge on any atom is -0.371 e. The normalized spacial score (nSPS) is 20.7. The number of ether oxygens (including phenoxy) is 1. The van der Waals surface area contributed by atoms with E-state index >= 15 is 0 Å². The Morgan fingerprint density at radius 3 is 2.43 bits per heavy atom. The van der Waals surface area contributed by atoms with Gasteiger partial charge in [0.1, 0.15) is 6.10 Å². The number of carbonyl (C=O) groups excluding carboxylic acids is 2. The summed E-state index contributed by atoms with van der Waals surface area (Å²) in [5.74, 6) is 0.615. The Morgan fingerprint density at radius 1 is 1.33 bits per heavy atom. The lowest BCUT2D eigenvalue weighted by atomic mass is 9.95. The molecule has 0 aliphatic carbocycles. The second-order valence-corrected chi connectivity index (χ2v) is 7.30. The predicted octanol–water partition coefficient (Wildman–Crippen LogP) is 1.67. The molecule has 5 heteroatoms. The minimum atomic E-state index is -0.404. The summed E-state index contributed by atoms with van der Waals surface area (Å²) >= 11 is 0. The number of amides is 2. The molecule has 0 radical (unpaired) electrons. The van der Waals surface area contributed by atoms with Crippen molar-refractivity contribution in [3.63, 3.8) is 0 Å². The van der Waals surface area contributed by atoms with Gasteiger partial charge in [-0.05, 0) is 18.3 Å². The molecule has 5 nitrogen and oxygen atoms in total. The first-order valence-corrected chi connectivity index (χ1v) is 7.76. The number of nitrogens with zero attached hydrogens (tertiary/aromatic N) is 1. The number of nitrogens with one attached hydrogen (secondary N) is 1. The van der Waals surface area contributed by atoms with E-state index in [4.69, 9.17) is 4.74 Å². The Bertz CT molecular complexity index is 374. The molecule has 2 unspecified atom stereocenters. The van der Waals surface area contributed by atoms with E-state index in [2.05, 4.69) is 5.32 Å². The van der Waals surface area contributed by atoms with Crippen molar-refractivity contribution in [1.82, 2.24) is 10.2 Å². The van der Waals surface area contributed by atoms with Crippen LogP contribution in [0, 0.1) is 17.3 Å². The van der Waals surface area contributed by atoms with Crippen LogP contribution in [0.1, 0.15) is 41.0 Å². The van der Waals surface area contributed by atoms with Crippen molar-refractivity contribution in [3.8, 4) is 0 Å². The third kappa shape index (κ3) is 4.99. The van der Waals surface area contributed by atoms with Gasteiger partial charge in [0.25, 0.3) is 0 Å². The highest BCUT2D eigenvalue weighted by Gasteiger charge is 2.33. The molecular weight excluding hydrogens is 268 g/mol. The summed E-state index contributed by atoms with van der Waals surface area (Å²) in [7, 11) is 1.56. The van der Waals surface area contributed by atoms with E-state index in [1.807, 2.05) is 39.5 Å². The first-order valence-electron chi connectivity index (χ1n) is 7.76. The van der Waals surface area contributed by atoms with Crippen molar-refractivity contribution < 1.29 is 14.3 Å². The maximum absolute atomic E-state index is 12.2. The minimum absolute atomic E-state index is 0.0619. The van der Waals surface area contributed by atoms with Gasteiger partial charge in [-0.25, -0.2) is 0 Å². The van der Waals surface area contributed by atoms with Crippen LogP contribution in [-0.4, -0.2) is 49.6 Å². The van der Waals surface area contributed by atoms with E-state index < -0.39 is 6.10 Å². The molecule has 0 aromatic heterocycles. The number of methoxy groups -OCH3 is 1. The van der Waals surface area contributed by atoms with Gasteiger partial charge in [-0.2, -0.15) is 0 Å². The summed E-state index contributed by atoms with van der Waals surface area (Å²) in [4.78, 5) is 26.2. The third-order valence-electron chi connectivity index (χ3n) is 3.90. The maximum Gasteiger partial charge on any atom is 0.249 e. The summed E-state index contributed by atoms with van der Waals surface area (Å²) in [5, 5.41) is 2.95. The first kappa shape index (κ1) is 18.0. The van der Waals surface area contributed by atoms with E-state index in [1.165, 1.54) is 0 Å². The van der Waals surface area contributed by atoms with E-state index in [0.717, 1.165) is 19.5 Å². The number of carbonyl (C=O) groups is 2. The zero-order valence-electron chi connectivity index (χ0n) is 14.2. The smallest absolute Gasteiger partial charge is 0.249 e. The van der Waals surface area contributed by atoms with Gasteiger partial charge < -0.3 is 15.0 Å². The van der Waals surface area contributed by atoms with Gasteiger partial charge in [0.15, 0.2) is 0 Å². The summed E-state index contributed by atoms with van der Waals surface area (Å²) in [6, 6.07) is 0. The quantitative estimate of drug-likeness (QED) is 0.840. The van der Waals surface area contributed by atoms with Crippen LogP contribution in [0.4, 0.5) is 0 Å². The van der Waals surface area contributed by atoms with Gasteiger partial charge in [0, 0.05) is 32.2 Å². The summed E-state index contributed by atoms with van der Waals surface area (Å²) in [6.45, 7) is 11.9. The Labute approximate surface area is 128 Å². The second-order valence-electron chi connectivity index (χ2n) is 7.30. The maximum atomic E-state index is 12.2. The predicted molar refractivity (Wildman–Crippen MR) is 82.8 cm³/mol. The molecule has 1 N–H and O–H groups in total. The van der Waals surface area contributed by atoms with Crippen LogP contribution in [-0.2, 0) is 14.3 Å². The first-order chi connectivity index (χ1) is 9.66. The highest BCUT2D eigenvalue weighted by molar-refractivity contribution is 5.82. The molecule has 1 heterocycles. The molecule has 21 heavy (non-hydrogen) atoms. The molecular formula is C16H30N2O3. The van der Waals surface area contributed by atoms with Crippen LogP contribution < -0.4 is 5.32 Å². The molecule has 1 fully saturated rings. The molecule has 1 saturated heterocycles. The van der Waals surface area contributed by atoms with Gasteiger partial charge in [-0.3, -0.25) is 9.59 Å². The lowest BCUT2D eigenvalue weighted by Crippen LogP contribution is -2.42. The zero-order chi connectivity index (χ0) is 16.2. The second kappa shape index (κ2) is 7.25. The Morgan fingerprint density at radius 2 is 1.95 bits per heavy atom. The average molecular weight is 298 g/mol. The summed E-state index contributed by atoms with van der Waals surface area (Å²) in [5.41, 5.74) is -0.336. The molecule has 1 aliphatic rings. The molecule has 122 valence electrons. The van der Waals surface area contributed by atoms with Crippen molar-refractivity contribution >= 4 is 11.8 Å². The zero-order valence-corrected chi connectivity index (χ0v) is 14.2. The lowest BCUT2D eigenvalue weighted by Gasteiger charge is -2.26. The van der Waals surface area contributed by atoms with Crippen LogP contribution in [0.2, 0.25) is 0 Å². The van der Waals surface area contributed by atoms with Gasteiger partial charge in [0.2, 0.25) is 11.8 Å². The average Bonchev–Trinajstić information content (AvgIpc) is 2.83. The largest absolute Gasteiger partial charge is 0.371 e. The van der Waals surface area contributed by atoms with Crippen LogP contribution in [0.15, 0.2) is 0 Å². The highest BCUT2D eigenvalue weighted by Crippen LogP contribution is 2.23. The van der Waals surface area contributed by atoms with Crippen molar-refractivity contribution in [2.75, 3.05) is 26.7 Å². The Balaban J connectivity index is 2.42. The van der Waals surface area contributed by atoms with E-state index in [1.54, 1.807) is 7.11 Å². The molecule has 0 aromatic carbocycles. The van der Waals surface area contributed by atoms with Crippen LogP contribution >= 0.6 is 0 Å². The Hall–Kier alpha value is -1.10. The van der Waals surface area contributed by atoms with Gasteiger partial charge in [0.05, 0.1) is 0 Å². The topological polar surface area (TPSA) is 58.6 Å². The number of hydrogen-bond acceptors (Lipinski definition) is 3. The molecule has 0 spiro atoms. The van der Waals surface area contributed by atoms with Gasteiger partial charge >= 0.3 is 0 Å². The van der Waals surface area contributed by atoms with E-state index in [-0.39, 0.29) is 23.1 Å². The van der Waals surface area contributed by atoms with Gasteiger partial charge in [-0.15, -0.1) is 0 Å². The third-order valence-corrected chi connectivity index (χ3v) is 3.90. The van der Waals surface area contributed by atoms with Crippen LogP contribution in [0.3, 0.4) is 0 Å². The molecule has 1 aliphatic heterocycles. The standard InChI is InChI=1S/C16H30N2O3/c1-11(2)13(21-6)14(19)17-9-12-7-8-18(10-12)15(20)16(3,4)5/h11-13H,7-10H2,1-6H3,(H,17,19). The van der Waals surface area contributed by atoms with Crippen LogP contribution in [0.25, 0.3) is 0 Å². The number of rotatable bonds is 5. The van der Waals surface area contributed by atoms with Crippen molar-refractivity contribution in [3.05, 3.63) is 0 Å². The fourth-order valence-corrected chi connectivity index (χ4v) is 2.69. The molecule has 0 aromatic rings. The molecule has 0 saturated carbocycles. The SMILES string of the molecule is COC(C(=O)NCC1CCN(C(=O)C(C)(C)C)C1)C(C)C. The number of likely N-dealkylation sites (tertiary alicyclic amines) is 1. The van der Waals surface area contributed by atoms with E-state index in [9.17, 15) is 9.59 Å². The summed E-state index contributed by atoms with van der Waals surface area (Å²) < 4.78 is 5.22. The summed E-state index contributed by atoms with van der Waals surface area (Å²) in [6.07, 6.45) is 0.542. The number of hydrogen-bond donors (Lipinski definition) is 1. The van der Waals surface area contributed by atoms with Crippen molar-refractivity contribution in [2.24, 2.45) is 17.3 Å². The molecule has 0 bridgehead atoms. The lowest BCUT2D eigenvalue weighted by molar-refractivity contribution is -0.138. The van der Waals surface area contributed by atoms with E-state index in [0.29, 0.717) is 12.5 Å². The van der Waals surface area contributed by atoms with Crippen molar-refractivity contribution in [2.45, 2.75) is 47.1 Å². The highest BCUT2D eigenvalue weighted by atomic mass is 16.5. The molecule has 1 rings (SSSR count). The molecule has 2 atom stereocenters. The fraction of sp³-hybridized carbons (Fsp3) is 0.875.